The lowest BCUT2D eigenvalue weighted by molar-refractivity contribution is 0.199. The molecular weight excluding hydrogens is 318 g/mol. The van der Waals surface area contributed by atoms with Gasteiger partial charge < -0.3 is 9.88 Å². The van der Waals surface area contributed by atoms with Crippen LogP contribution >= 0.6 is 23.7 Å². The van der Waals surface area contributed by atoms with Crippen LogP contribution in [0.15, 0.2) is 23.0 Å². The molecule has 1 aromatic heterocycles. The molecule has 3 rings (SSSR count). The molecule has 1 fully saturated rings. The predicted octanol–water partition coefficient (Wildman–Crippen LogP) is 2.60. The summed E-state index contributed by atoms with van der Waals surface area (Å²) in [5.41, 5.74) is 2.35. The lowest BCUT2D eigenvalue weighted by Gasteiger charge is -2.28. The summed E-state index contributed by atoms with van der Waals surface area (Å²) in [5.74, 6) is 0. The molecule has 0 bridgehead atoms. The number of thiazole rings is 1. The van der Waals surface area contributed by atoms with Crippen LogP contribution in [-0.2, 0) is 13.6 Å². The average Bonchev–Trinajstić information content (AvgIpc) is 3.08. The first-order valence-corrected chi connectivity index (χ1v) is 8.54. The fraction of sp³-hybridized carbons (Fsp3) is 0.562. The van der Waals surface area contributed by atoms with E-state index >= 15 is 0 Å². The summed E-state index contributed by atoms with van der Waals surface area (Å²) >= 11 is 1.34. The van der Waals surface area contributed by atoms with Crippen molar-refractivity contribution in [3.63, 3.8) is 0 Å². The molecule has 1 aliphatic rings. The Morgan fingerprint density at radius 2 is 2.27 bits per heavy atom. The SMILES string of the molecule is CCCN(Cc1ccc2c(c1)sc(=O)n2C)C1CCNC1.Cl. The number of aromatic nitrogens is 1. The summed E-state index contributed by atoms with van der Waals surface area (Å²) in [4.78, 5) is 14.4. The Bertz CT molecular complexity index is 676. The maximum absolute atomic E-state index is 11.7. The minimum atomic E-state index is 0. The van der Waals surface area contributed by atoms with Gasteiger partial charge >= 0.3 is 4.87 Å². The zero-order valence-corrected chi connectivity index (χ0v) is 14.8. The molecule has 1 atom stereocenters. The van der Waals surface area contributed by atoms with Gasteiger partial charge in [-0.05, 0) is 43.6 Å². The van der Waals surface area contributed by atoms with E-state index in [0.29, 0.717) is 6.04 Å². The van der Waals surface area contributed by atoms with E-state index in [1.54, 1.807) is 4.57 Å². The summed E-state index contributed by atoms with van der Waals surface area (Å²) in [7, 11) is 1.84. The highest BCUT2D eigenvalue weighted by Crippen LogP contribution is 2.21. The van der Waals surface area contributed by atoms with Crippen LogP contribution in [0.25, 0.3) is 10.2 Å². The highest BCUT2D eigenvalue weighted by molar-refractivity contribution is 7.16. The van der Waals surface area contributed by atoms with Gasteiger partial charge in [0.1, 0.15) is 0 Å². The van der Waals surface area contributed by atoms with Gasteiger partial charge in [-0.1, -0.05) is 24.3 Å². The van der Waals surface area contributed by atoms with Crippen LogP contribution in [0.5, 0.6) is 0 Å². The average molecular weight is 342 g/mol. The Balaban J connectivity index is 0.00000176. The molecule has 6 heteroatoms. The van der Waals surface area contributed by atoms with Crippen molar-refractivity contribution in [2.24, 2.45) is 7.05 Å². The Morgan fingerprint density at radius 3 is 2.95 bits per heavy atom. The molecular formula is C16H24ClN3OS. The van der Waals surface area contributed by atoms with E-state index in [0.717, 1.165) is 36.4 Å². The first kappa shape index (κ1) is 17.5. The van der Waals surface area contributed by atoms with Gasteiger partial charge in [0, 0.05) is 26.2 Å². The molecule has 122 valence electrons. The summed E-state index contributed by atoms with van der Waals surface area (Å²) < 4.78 is 2.83. The van der Waals surface area contributed by atoms with Gasteiger partial charge in [-0.3, -0.25) is 9.69 Å². The monoisotopic (exact) mass is 341 g/mol. The highest BCUT2D eigenvalue weighted by Gasteiger charge is 2.21. The van der Waals surface area contributed by atoms with Gasteiger partial charge in [0.25, 0.3) is 0 Å². The van der Waals surface area contributed by atoms with Crippen molar-refractivity contribution in [2.75, 3.05) is 19.6 Å². The first-order valence-electron chi connectivity index (χ1n) is 7.72. The molecule has 2 aromatic rings. The summed E-state index contributed by atoms with van der Waals surface area (Å²) in [6.45, 7) is 6.58. The summed E-state index contributed by atoms with van der Waals surface area (Å²) in [6, 6.07) is 7.08. The second kappa shape index (κ2) is 7.59. The molecule has 0 aliphatic carbocycles. The van der Waals surface area contributed by atoms with Crippen LogP contribution in [-0.4, -0.2) is 35.1 Å². The topological polar surface area (TPSA) is 37.3 Å². The molecule has 0 spiro atoms. The molecule has 1 N–H and O–H groups in total. The van der Waals surface area contributed by atoms with E-state index in [1.807, 2.05) is 7.05 Å². The molecule has 4 nitrogen and oxygen atoms in total. The van der Waals surface area contributed by atoms with E-state index in [4.69, 9.17) is 0 Å². The molecule has 0 radical (unpaired) electrons. The Kier molecular flexibility index (Phi) is 6.03. The lowest BCUT2D eigenvalue weighted by atomic mass is 10.1. The zero-order chi connectivity index (χ0) is 14.8. The van der Waals surface area contributed by atoms with Crippen LogP contribution in [0, 0.1) is 0 Å². The maximum atomic E-state index is 11.7. The number of rotatable bonds is 5. The van der Waals surface area contributed by atoms with Crippen LogP contribution in [0.2, 0.25) is 0 Å². The van der Waals surface area contributed by atoms with Crippen molar-refractivity contribution in [3.8, 4) is 0 Å². The molecule has 0 amide bonds. The number of benzene rings is 1. The molecule has 1 saturated heterocycles. The molecule has 1 unspecified atom stereocenters. The second-order valence-electron chi connectivity index (χ2n) is 5.85. The van der Waals surface area contributed by atoms with Crippen LogP contribution in [0.3, 0.4) is 0 Å². The third kappa shape index (κ3) is 3.54. The molecule has 22 heavy (non-hydrogen) atoms. The quantitative estimate of drug-likeness (QED) is 0.908. The Labute approximate surface area is 141 Å². The number of aryl methyl sites for hydroxylation is 1. The van der Waals surface area contributed by atoms with E-state index in [-0.39, 0.29) is 17.3 Å². The smallest absolute Gasteiger partial charge is 0.307 e. The van der Waals surface area contributed by atoms with Gasteiger partial charge in [0.2, 0.25) is 0 Å². The van der Waals surface area contributed by atoms with Gasteiger partial charge in [-0.15, -0.1) is 12.4 Å². The first-order chi connectivity index (χ1) is 10.2. The Morgan fingerprint density at radius 1 is 1.45 bits per heavy atom. The third-order valence-electron chi connectivity index (χ3n) is 4.30. The number of halogens is 1. The minimum absolute atomic E-state index is 0. The van der Waals surface area contributed by atoms with Crippen LogP contribution < -0.4 is 10.2 Å². The standard InChI is InChI=1S/C16H23N3OS.ClH/c1-3-8-19(13-6-7-17-10-13)11-12-4-5-14-15(9-12)21-16(20)18(14)2;/h4-5,9,13,17H,3,6-8,10-11H2,1-2H3;1H. The van der Waals surface area contributed by atoms with Gasteiger partial charge in [-0.2, -0.15) is 0 Å². The highest BCUT2D eigenvalue weighted by atomic mass is 35.5. The van der Waals surface area contributed by atoms with Crippen molar-refractivity contribution in [2.45, 2.75) is 32.4 Å². The minimum Gasteiger partial charge on any atom is -0.315 e. The van der Waals surface area contributed by atoms with Crippen LogP contribution in [0.1, 0.15) is 25.3 Å². The number of nitrogens with zero attached hydrogens (tertiary/aromatic N) is 2. The summed E-state index contributed by atoms with van der Waals surface area (Å²) in [5, 5.41) is 3.45. The van der Waals surface area contributed by atoms with Crippen molar-refractivity contribution < 1.29 is 0 Å². The van der Waals surface area contributed by atoms with Crippen LogP contribution in [0.4, 0.5) is 0 Å². The number of hydrogen-bond acceptors (Lipinski definition) is 4. The van der Waals surface area contributed by atoms with Gasteiger partial charge in [0.15, 0.2) is 0 Å². The molecule has 1 aliphatic heterocycles. The van der Waals surface area contributed by atoms with E-state index in [2.05, 4.69) is 35.3 Å². The molecule has 0 saturated carbocycles. The largest absolute Gasteiger partial charge is 0.315 e. The second-order valence-corrected chi connectivity index (χ2v) is 6.84. The predicted molar refractivity (Wildman–Crippen MR) is 96.3 cm³/mol. The molecule has 1 aromatic carbocycles. The fourth-order valence-electron chi connectivity index (χ4n) is 3.14. The van der Waals surface area contributed by atoms with E-state index < -0.39 is 0 Å². The van der Waals surface area contributed by atoms with Crippen molar-refractivity contribution >= 4 is 34.0 Å². The number of fused-ring (bicyclic) bond motifs is 1. The fourth-order valence-corrected chi connectivity index (χ4v) is 4.08. The number of nitrogens with one attached hydrogen (secondary N) is 1. The van der Waals surface area contributed by atoms with E-state index in [1.165, 1.54) is 29.7 Å². The van der Waals surface area contributed by atoms with Crippen molar-refractivity contribution in [1.82, 2.24) is 14.8 Å². The third-order valence-corrected chi connectivity index (χ3v) is 5.30. The lowest BCUT2D eigenvalue weighted by Crippen LogP contribution is -2.36. The normalized spacial score (nSPS) is 18.0. The van der Waals surface area contributed by atoms with Crippen molar-refractivity contribution in [1.29, 1.82) is 0 Å². The number of hydrogen-bond donors (Lipinski definition) is 1. The van der Waals surface area contributed by atoms with Gasteiger partial charge in [-0.25, -0.2) is 0 Å². The Hall–Kier alpha value is -0.880. The zero-order valence-electron chi connectivity index (χ0n) is 13.2. The van der Waals surface area contributed by atoms with Crippen molar-refractivity contribution in [3.05, 3.63) is 33.4 Å². The van der Waals surface area contributed by atoms with Gasteiger partial charge in [0.05, 0.1) is 10.2 Å². The molecule has 2 heterocycles. The summed E-state index contributed by atoms with van der Waals surface area (Å²) in [6.07, 6.45) is 2.42. The maximum Gasteiger partial charge on any atom is 0.307 e. The van der Waals surface area contributed by atoms with E-state index in [9.17, 15) is 4.79 Å².